The van der Waals surface area contributed by atoms with E-state index in [4.69, 9.17) is 0 Å². The molecule has 0 radical (unpaired) electrons. The smallest absolute Gasteiger partial charge is 0.212 e. The SMILES string of the molecule is Cc1cc(C)c(/C=C/c2cc[n+](C)c3ccccc23)c(C)c1.[I-]. The molecule has 2 aromatic carbocycles. The van der Waals surface area contributed by atoms with Crippen LogP contribution in [0.15, 0.2) is 48.7 Å². The molecule has 1 aromatic heterocycles. The van der Waals surface area contributed by atoms with Gasteiger partial charge in [-0.15, -0.1) is 0 Å². The van der Waals surface area contributed by atoms with Gasteiger partial charge in [0, 0.05) is 12.1 Å². The van der Waals surface area contributed by atoms with Crippen LogP contribution >= 0.6 is 0 Å². The number of hydrogen-bond acceptors (Lipinski definition) is 0. The first-order valence-electron chi connectivity index (χ1n) is 7.69. The number of aryl methyl sites for hydroxylation is 4. The van der Waals surface area contributed by atoms with Gasteiger partial charge in [-0.05, 0) is 49.1 Å². The Bertz CT molecular complexity index is 855. The van der Waals surface area contributed by atoms with Crippen molar-refractivity contribution in [3.05, 3.63) is 76.5 Å². The van der Waals surface area contributed by atoms with Gasteiger partial charge >= 0.3 is 0 Å². The second-order valence-corrected chi connectivity index (χ2v) is 6.04. The molecule has 0 saturated carbocycles. The number of benzene rings is 2. The van der Waals surface area contributed by atoms with E-state index in [0.717, 1.165) is 0 Å². The Balaban J connectivity index is 0.00000192. The maximum absolute atomic E-state index is 2.25. The van der Waals surface area contributed by atoms with Crippen molar-refractivity contribution in [2.75, 3.05) is 0 Å². The summed E-state index contributed by atoms with van der Waals surface area (Å²) in [5, 5.41) is 1.28. The number of para-hydroxylation sites is 1. The lowest BCUT2D eigenvalue weighted by Gasteiger charge is -2.07. The van der Waals surface area contributed by atoms with E-state index in [-0.39, 0.29) is 24.0 Å². The fourth-order valence-corrected chi connectivity index (χ4v) is 3.16. The van der Waals surface area contributed by atoms with Crippen LogP contribution in [0.2, 0.25) is 0 Å². The molecule has 0 amide bonds. The van der Waals surface area contributed by atoms with E-state index in [0.29, 0.717) is 0 Å². The minimum atomic E-state index is 0. The van der Waals surface area contributed by atoms with Crippen molar-refractivity contribution in [2.24, 2.45) is 7.05 Å². The summed E-state index contributed by atoms with van der Waals surface area (Å²) in [6.45, 7) is 6.52. The lowest BCUT2D eigenvalue weighted by atomic mass is 9.98. The topological polar surface area (TPSA) is 3.88 Å². The molecule has 0 aliphatic rings. The van der Waals surface area contributed by atoms with Gasteiger partial charge in [0.15, 0.2) is 6.20 Å². The average Bonchev–Trinajstić information content (AvgIpc) is 2.48. The van der Waals surface area contributed by atoms with Crippen molar-refractivity contribution >= 4 is 23.1 Å². The summed E-state index contributed by atoms with van der Waals surface area (Å²) in [6, 6.07) is 15.2. The van der Waals surface area contributed by atoms with E-state index in [1.54, 1.807) is 0 Å². The van der Waals surface area contributed by atoms with Crippen LogP contribution < -0.4 is 28.5 Å². The quantitative estimate of drug-likeness (QED) is 0.444. The summed E-state index contributed by atoms with van der Waals surface area (Å²) >= 11 is 0. The molecule has 1 nitrogen and oxygen atoms in total. The largest absolute Gasteiger partial charge is 1.00 e. The monoisotopic (exact) mass is 415 g/mol. The van der Waals surface area contributed by atoms with Gasteiger partial charge in [-0.3, -0.25) is 0 Å². The minimum absolute atomic E-state index is 0. The van der Waals surface area contributed by atoms with Crippen molar-refractivity contribution in [1.29, 1.82) is 0 Å². The Morgan fingerprint density at radius 3 is 2.22 bits per heavy atom. The molecule has 0 atom stereocenters. The van der Waals surface area contributed by atoms with Crippen molar-refractivity contribution in [2.45, 2.75) is 20.8 Å². The first kappa shape index (κ1) is 17.7. The zero-order valence-corrected chi connectivity index (χ0v) is 16.3. The number of pyridine rings is 1. The number of hydrogen-bond donors (Lipinski definition) is 0. The second-order valence-electron chi connectivity index (χ2n) is 6.04. The van der Waals surface area contributed by atoms with Crippen LogP contribution in [0.4, 0.5) is 0 Å². The van der Waals surface area contributed by atoms with Gasteiger partial charge in [0.25, 0.3) is 0 Å². The highest BCUT2D eigenvalue weighted by atomic mass is 127. The molecule has 0 saturated heterocycles. The van der Waals surface area contributed by atoms with E-state index in [1.807, 2.05) is 0 Å². The summed E-state index contributed by atoms with van der Waals surface area (Å²) in [4.78, 5) is 0. The summed E-state index contributed by atoms with van der Waals surface area (Å²) in [6.07, 6.45) is 6.59. The maximum atomic E-state index is 2.25. The molecule has 3 aromatic rings. The second kappa shape index (κ2) is 7.26. The highest BCUT2D eigenvalue weighted by Crippen LogP contribution is 2.21. The Kier molecular flexibility index (Phi) is 5.58. The molecule has 0 bridgehead atoms. The third-order valence-corrected chi connectivity index (χ3v) is 4.24. The molecule has 1 heterocycles. The number of halogens is 1. The Morgan fingerprint density at radius 2 is 1.52 bits per heavy atom. The Morgan fingerprint density at radius 1 is 0.870 bits per heavy atom. The van der Waals surface area contributed by atoms with Gasteiger partial charge in [-0.2, -0.15) is 0 Å². The van der Waals surface area contributed by atoms with Gasteiger partial charge in [0.2, 0.25) is 5.52 Å². The van der Waals surface area contributed by atoms with E-state index in [2.05, 4.69) is 93.2 Å². The molecular weight excluding hydrogens is 393 g/mol. The Labute approximate surface area is 155 Å². The predicted molar refractivity (Wildman–Crippen MR) is 94.7 cm³/mol. The molecule has 2 heteroatoms. The zero-order valence-electron chi connectivity index (χ0n) is 14.1. The van der Waals surface area contributed by atoms with Crippen molar-refractivity contribution in [3.63, 3.8) is 0 Å². The number of nitrogens with zero attached hydrogens (tertiary/aromatic N) is 1. The third-order valence-electron chi connectivity index (χ3n) is 4.24. The fraction of sp³-hybridized carbons (Fsp3) is 0.190. The number of aromatic nitrogens is 1. The molecule has 0 unspecified atom stereocenters. The van der Waals surface area contributed by atoms with Crippen LogP contribution in [0.25, 0.3) is 23.1 Å². The number of rotatable bonds is 2. The van der Waals surface area contributed by atoms with Crippen LogP contribution in [0.1, 0.15) is 27.8 Å². The summed E-state index contributed by atoms with van der Waals surface area (Å²) in [7, 11) is 2.09. The molecule has 0 N–H and O–H groups in total. The number of fused-ring (bicyclic) bond motifs is 1. The molecule has 0 aliphatic carbocycles. The third kappa shape index (κ3) is 3.63. The molecule has 3 rings (SSSR count). The van der Waals surface area contributed by atoms with Gasteiger partial charge in [0.05, 0.1) is 5.39 Å². The van der Waals surface area contributed by atoms with Crippen LogP contribution in [0.5, 0.6) is 0 Å². The highest BCUT2D eigenvalue weighted by molar-refractivity contribution is 5.89. The van der Waals surface area contributed by atoms with Gasteiger partial charge in [0.1, 0.15) is 7.05 Å². The molecule has 0 fully saturated rings. The highest BCUT2D eigenvalue weighted by Gasteiger charge is 2.07. The molecule has 0 aliphatic heterocycles. The lowest BCUT2D eigenvalue weighted by molar-refractivity contribution is -0.644. The Hall–Kier alpha value is -1.68. The van der Waals surface area contributed by atoms with E-state index >= 15 is 0 Å². The van der Waals surface area contributed by atoms with Gasteiger partial charge < -0.3 is 24.0 Å². The fourth-order valence-electron chi connectivity index (χ4n) is 3.16. The van der Waals surface area contributed by atoms with E-state index in [1.165, 1.54) is 38.7 Å². The first-order chi connectivity index (χ1) is 10.6. The van der Waals surface area contributed by atoms with Crippen molar-refractivity contribution in [1.82, 2.24) is 0 Å². The molecule has 23 heavy (non-hydrogen) atoms. The summed E-state index contributed by atoms with van der Waals surface area (Å²) in [5.41, 5.74) is 7.82. The summed E-state index contributed by atoms with van der Waals surface area (Å²) in [5.74, 6) is 0. The zero-order chi connectivity index (χ0) is 15.7. The minimum Gasteiger partial charge on any atom is -1.00 e. The van der Waals surface area contributed by atoms with Crippen molar-refractivity contribution < 1.29 is 28.5 Å². The van der Waals surface area contributed by atoms with Gasteiger partial charge in [-0.25, -0.2) is 4.57 Å². The lowest BCUT2D eigenvalue weighted by Crippen LogP contribution is -3.00. The van der Waals surface area contributed by atoms with E-state index in [9.17, 15) is 0 Å². The normalized spacial score (nSPS) is 11.0. The average molecular weight is 415 g/mol. The predicted octanol–water partition coefficient (Wildman–Crippen LogP) is 1.76. The molecule has 0 spiro atoms. The molecular formula is C21H22IN. The first-order valence-corrected chi connectivity index (χ1v) is 7.69. The molecule has 118 valence electrons. The van der Waals surface area contributed by atoms with Crippen LogP contribution in [-0.2, 0) is 7.05 Å². The standard InChI is InChI=1S/C21H22N.HI/c1-15-13-16(2)19(17(3)14-15)10-9-18-11-12-22(4)21-8-6-5-7-20(18)21;/h5-14H,1-4H3;1H/q+1;/p-1/b10-9+;. The van der Waals surface area contributed by atoms with Crippen molar-refractivity contribution in [3.8, 4) is 0 Å². The maximum Gasteiger partial charge on any atom is 0.212 e. The van der Waals surface area contributed by atoms with Gasteiger partial charge in [-0.1, -0.05) is 42.0 Å². The van der Waals surface area contributed by atoms with E-state index < -0.39 is 0 Å². The summed E-state index contributed by atoms with van der Waals surface area (Å²) < 4.78 is 2.16. The van der Waals surface area contributed by atoms with Crippen LogP contribution in [-0.4, -0.2) is 0 Å². The van der Waals surface area contributed by atoms with Crippen LogP contribution in [0.3, 0.4) is 0 Å². The van der Waals surface area contributed by atoms with Crippen LogP contribution in [0, 0.1) is 20.8 Å².